The molecule has 1 aliphatic carbocycles. The predicted molar refractivity (Wildman–Crippen MR) is 82.4 cm³/mol. The number of hydrogen-bond donors (Lipinski definition) is 0. The first-order chi connectivity index (χ1) is 11.7. The molecule has 0 saturated carbocycles. The zero-order valence-corrected chi connectivity index (χ0v) is 13.5. The molecule has 1 aliphatic rings. The zero-order chi connectivity index (χ0) is 18.8. The van der Waals surface area contributed by atoms with E-state index in [0.717, 1.165) is 19.1 Å². The number of aromatic nitrogens is 1. The van der Waals surface area contributed by atoms with Crippen LogP contribution in [0, 0.1) is 20.2 Å². The van der Waals surface area contributed by atoms with E-state index in [9.17, 15) is 29.8 Å². The molecule has 1 aromatic heterocycles. The smallest absolute Gasteiger partial charge is 0.440 e. The lowest BCUT2D eigenvalue weighted by molar-refractivity contribution is -0.794. The Balaban J connectivity index is 2.83. The normalized spacial score (nSPS) is 20.4. The van der Waals surface area contributed by atoms with Crippen LogP contribution in [-0.4, -0.2) is 26.6 Å². The number of hydrogen-bond acceptors (Lipinski definition) is 8. The Morgan fingerprint density at radius 3 is 2.40 bits per heavy atom. The molecule has 132 valence electrons. The number of ether oxygens (including phenoxy) is 1. The van der Waals surface area contributed by atoms with Gasteiger partial charge in [0.05, 0.1) is 6.08 Å². The van der Waals surface area contributed by atoms with Crippen LogP contribution in [0.3, 0.4) is 0 Å². The third-order valence-corrected chi connectivity index (χ3v) is 3.86. The van der Waals surface area contributed by atoms with E-state index >= 15 is 0 Å². The SMILES string of the molecule is CCCC(=O)C1(OC(C)=O)C=CC([N+](=O)[O-])([N+](=O)[O-])c2cccnc21. The zero-order valence-electron chi connectivity index (χ0n) is 13.5. The summed E-state index contributed by atoms with van der Waals surface area (Å²) in [7, 11) is 0. The summed E-state index contributed by atoms with van der Waals surface area (Å²) in [5.74, 6) is -1.39. The number of fused-ring (bicyclic) bond motifs is 1. The van der Waals surface area contributed by atoms with Crippen LogP contribution in [0.1, 0.15) is 37.9 Å². The van der Waals surface area contributed by atoms with E-state index in [2.05, 4.69) is 4.98 Å². The van der Waals surface area contributed by atoms with Crippen molar-refractivity contribution >= 4 is 11.8 Å². The van der Waals surface area contributed by atoms with Gasteiger partial charge in [-0.15, -0.1) is 0 Å². The number of ketones is 1. The Morgan fingerprint density at radius 2 is 1.88 bits per heavy atom. The van der Waals surface area contributed by atoms with Gasteiger partial charge in [0.15, 0.2) is 5.78 Å². The van der Waals surface area contributed by atoms with Gasteiger partial charge >= 0.3 is 11.6 Å². The van der Waals surface area contributed by atoms with Crippen molar-refractivity contribution in [2.75, 3.05) is 0 Å². The average Bonchev–Trinajstić information content (AvgIpc) is 2.54. The van der Waals surface area contributed by atoms with Gasteiger partial charge in [-0.05, 0) is 24.6 Å². The minimum absolute atomic E-state index is 0.00242. The lowest BCUT2D eigenvalue weighted by Crippen LogP contribution is -2.50. The number of Topliss-reactive ketones (excluding diaryl/α,β-unsaturated/α-hetero) is 1. The van der Waals surface area contributed by atoms with Gasteiger partial charge in [-0.1, -0.05) is 6.92 Å². The molecule has 1 heterocycles. The summed E-state index contributed by atoms with van der Waals surface area (Å²) < 4.78 is 5.19. The first-order valence-corrected chi connectivity index (χ1v) is 7.40. The van der Waals surface area contributed by atoms with Crippen molar-refractivity contribution in [3.63, 3.8) is 0 Å². The highest BCUT2D eigenvalue weighted by Gasteiger charge is 2.64. The number of nitrogens with zero attached hydrogens (tertiary/aromatic N) is 3. The Bertz CT molecular complexity index is 775. The monoisotopic (exact) mass is 349 g/mol. The first kappa shape index (κ1) is 18.2. The summed E-state index contributed by atoms with van der Waals surface area (Å²) in [5.41, 5.74) is -5.56. The molecule has 0 spiro atoms. The molecule has 1 unspecified atom stereocenters. The van der Waals surface area contributed by atoms with Crippen molar-refractivity contribution in [2.24, 2.45) is 0 Å². The number of pyridine rings is 1. The summed E-state index contributed by atoms with van der Waals surface area (Å²) in [6.45, 7) is 2.80. The first-order valence-electron chi connectivity index (χ1n) is 7.40. The van der Waals surface area contributed by atoms with E-state index in [-0.39, 0.29) is 12.1 Å². The summed E-state index contributed by atoms with van der Waals surface area (Å²) in [6, 6.07) is 2.41. The maximum atomic E-state index is 12.7. The molecular formula is C15H15N3O7. The van der Waals surface area contributed by atoms with E-state index in [1.165, 1.54) is 12.3 Å². The van der Waals surface area contributed by atoms with Gasteiger partial charge in [-0.3, -0.25) is 34.8 Å². The third kappa shape index (κ3) is 2.65. The maximum absolute atomic E-state index is 12.7. The van der Waals surface area contributed by atoms with Gasteiger partial charge in [0.25, 0.3) is 0 Å². The minimum atomic E-state index is -2.81. The van der Waals surface area contributed by atoms with Crippen LogP contribution in [0.4, 0.5) is 0 Å². The van der Waals surface area contributed by atoms with Gasteiger partial charge in [0, 0.05) is 19.5 Å². The highest BCUT2D eigenvalue weighted by molar-refractivity contribution is 5.93. The van der Waals surface area contributed by atoms with E-state index in [0.29, 0.717) is 12.5 Å². The Morgan fingerprint density at radius 1 is 1.24 bits per heavy atom. The summed E-state index contributed by atoms with van der Waals surface area (Å²) in [5, 5.41) is 23.0. The predicted octanol–water partition coefficient (Wildman–Crippen LogP) is 1.49. The van der Waals surface area contributed by atoms with Gasteiger partial charge in [-0.25, -0.2) is 0 Å². The number of esters is 1. The van der Waals surface area contributed by atoms with Gasteiger partial charge in [0.1, 0.15) is 21.1 Å². The van der Waals surface area contributed by atoms with Crippen LogP contribution < -0.4 is 0 Å². The van der Waals surface area contributed by atoms with Crippen molar-refractivity contribution in [2.45, 2.75) is 38.0 Å². The molecule has 0 aliphatic heterocycles. The number of rotatable bonds is 6. The maximum Gasteiger partial charge on any atom is 0.505 e. The molecule has 0 bridgehead atoms. The van der Waals surface area contributed by atoms with Crippen LogP contribution >= 0.6 is 0 Å². The van der Waals surface area contributed by atoms with Gasteiger partial charge < -0.3 is 4.74 Å². The molecule has 0 radical (unpaired) electrons. The van der Waals surface area contributed by atoms with Crippen LogP contribution in [0.25, 0.3) is 0 Å². The second kappa shape index (κ2) is 6.38. The lowest BCUT2D eigenvalue weighted by atomic mass is 9.79. The van der Waals surface area contributed by atoms with E-state index < -0.39 is 38.4 Å². The fourth-order valence-corrected chi connectivity index (χ4v) is 2.79. The summed E-state index contributed by atoms with van der Waals surface area (Å²) in [4.78, 5) is 49.0. The molecule has 0 N–H and O–H groups in total. The van der Waals surface area contributed by atoms with E-state index in [4.69, 9.17) is 4.74 Å². The summed E-state index contributed by atoms with van der Waals surface area (Å²) >= 11 is 0. The second-order valence-corrected chi connectivity index (χ2v) is 5.48. The van der Waals surface area contributed by atoms with Crippen molar-refractivity contribution in [3.8, 4) is 0 Å². The molecule has 10 nitrogen and oxygen atoms in total. The molecule has 0 saturated heterocycles. The number of nitro groups is 2. The molecule has 10 heteroatoms. The molecule has 1 atom stereocenters. The molecule has 2 rings (SSSR count). The Labute approximate surface area is 141 Å². The molecule has 0 amide bonds. The Hall–Kier alpha value is -3.17. The van der Waals surface area contributed by atoms with Crippen LogP contribution in [0.15, 0.2) is 30.5 Å². The van der Waals surface area contributed by atoms with Crippen LogP contribution in [0.2, 0.25) is 0 Å². The van der Waals surface area contributed by atoms with Crippen LogP contribution in [0.5, 0.6) is 0 Å². The van der Waals surface area contributed by atoms with Crippen LogP contribution in [-0.2, 0) is 25.6 Å². The minimum Gasteiger partial charge on any atom is -0.440 e. The fraction of sp³-hybridized carbons (Fsp3) is 0.400. The van der Waals surface area contributed by atoms with Crippen molar-refractivity contribution in [1.82, 2.24) is 4.98 Å². The van der Waals surface area contributed by atoms with Gasteiger partial charge in [0.2, 0.25) is 5.60 Å². The van der Waals surface area contributed by atoms with Crippen molar-refractivity contribution in [1.29, 1.82) is 0 Å². The second-order valence-electron chi connectivity index (χ2n) is 5.48. The van der Waals surface area contributed by atoms with Gasteiger partial charge in [-0.2, -0.15) is 0 Å². The highest BCUT2D eigenvalue weighted by Crippen LogP contribution is 2.43. The largest absolute Gasteiger partial charge is 0.505 e. The van der Waals surface area contributed by atoms with Crippen molar-refractivity contribution in [3.05, 3.63) is 62.0 Å². The quantitative estimate of drug-likeness (QED) is 0.247. The molecule has 0 aromatic carbocycles. The number of carbonyl (C=O) groups is 2. The topological polar surface area (TPSA) is 143 Å². The molecule has 25 heavy (non-hydrogen) atoms. The standard InChI is InChI=1S/C15H15N3O7/c1-3-5-12(20)14(25-10(2)19)7-8-15(17(21)22,18(23)24)11-6-4-9-16-13(11)14/h4,6-9H,3,5H2,1-2H3. The third-order valence-electron chi connectivity index (χ3n) is 3.86. The van der Waals surface area contributed by atoms with E-state index in [1.807, 2.05) is 0 Å². The number of carbonyl (C=O) groups excluding carboxylic acids is 2. The lowest BCUT2D eigenvalue weighted by Gasteiger charge is -2.33. The highest BCUT2D eigenvalue weighted by atomic mass is 16.7. The summed E-state index contributed by atoms with van der Waals surface area (Å²) in [6.07, 6.45) is 3.21. The fourth-order valence-electron chi connectivity index (χ4n) is 2.79. The van der Waals surface area contributed by atoms with Crippen molar-refractivity contribution < 1.29 is 24.2 Å². The Kier molecular flexibility index (Phi) is 4.64. The average molecular weight is 349 g/mol. The molecule has 0 fully saturated rings. The molecular weight excluding hydrogens is 334 g/mol. The molecule has 1 aromatic rings. The van der Waals surface area contributed by atoms with E-state index in [1.54, 1.807) is 6.92 Å².